The van der Waals surface area contributed by atoms with Crippen LogP contribution in [0, 0.1) is 17.4 Å². The highest BCUT2D eigenvalue weighted by Crippen LogP contribution is 2.05. The van der Waals surface area contributed by atoms with Gasteiger partial charge in [-0.1, -0.05) is 54.1 Å². The molecule has 0 spiro atoms. The molecule has 0 unspecified atom stereocenters. The third-order valence-electron chi connectivity index (χ3n) is 3.10. The van der Waals surface area contributed by atoms with E-state index >= 15 is 0 Å². The van der Waals surface area contributed by atoms with Gasteiger partial charge in [-0.25, -0.2) is 15.8 Å². The lowest BCUT2D eigenvalue weighted by Gasteiger charge is -2.04. The molecule has 2 amide bonds. The largest absolute Gasteiger partial charge is 0.362 e. The zero-order chi connectivity index (χ0) is 15.1. The van der Waals surface area contributed by atoms with Crippen molar-refractivity contribution in [2.24, 2.45) is 0 Å². The van der Waals surface area contributed by atoms with E-state index in [4.69, 9.17) is 10.0 Å². The SMILES string of the molecule is Cc1ccc(CCONC(=O)NO)cc1.c1cc2ccc1=2. The molecule has 3 N–H and O–H groups in total. The molecule has 110 valence electrons. The van der Waals surface area contributed by atoms with E-state index in [-0.39, 0.29) is 0 Å². The van der Waals surface area contributed by atoms with Gasteiger partial charge in [0.25, 0.3) is 0 Å². The third-order valence-corrected chi connectivity index (χ3v) is 3.10. The van der Waals surface area contributed by atoms with Crippen molar-refractivity contribution in [3.63, 3.8) is 0 Å². The number of urea groups is 1. The lowest BCUT2D eigenvalue weighted by atomic mass is 10.1. The number of rotatable bonds is 4. The van der Waals surface area contributed by atoms with E-state index in [0.717, 1.165) is 5.56 Å². The molecule has 0 atom stereocenters. The number of aryl methyl sites for hydroxylation is 1. The van der Waals surface area contributed by atoms with E-state index in [2.05, 4.69) is 24.3 Å². The van der Waals surface area contributed by atoms with E-state index in [9.17, 15) is 4.79 Å². The van der Waals surface area contributed by atoms with Crippen LogP contribution in [0.5, 0.6) is 0 Å². The van der Waals surface area contributed by atoms with Crippen LogP contribution in [0.4, 0.5) is 4.79 Å². The molecule has 5 nitrogen and oxygen atoms in total. The summed E-state index contributed by atoms with van der Waals surface area (Å²) in [5, 5.41) is 11.0. The van der Waals surface area contributed by atoms with Crippen molar-refractivity contribution in [3.8, 4) is 0 Å². The lowest BCUT2D eigenvalue weighted by molar-refractivity contribution is 0.0471. The molecular formula is C16H18N2O3. The molecule has 0 heterocycles. The Morgan fingerprint density at radius 2 is 1.62 bits per heavy atom. The van der Waals surface area contributed by atoms with Crippen LogP contribution in [0.1, 0.15) is 11.1 Å². The van der Waals surface area contributed by atoms with Crippen LogP contribution in [-0.4, -0.2) is 17.8 Å². The summed E-state index contributed by atoms with van der Waals surface area (Å²) < 4.78 is 0. The average Bonchev–Trinajstić information content (AvgIpc) is 2.49. The second kappa shape index (κ2) is 7.42. The highest BCUT2D eigenvalue weighted by molar-refractivity contribution is 5.71. The molecule has 2 aliphatic rings. The van der Waals surface area contributed by atoms with Gasteiger partial charge in [0.1, 0.15) is 0 Å². The van der Waals surface area contributed by atoms with Crippen LogP contribution < -0.4 is 11.0 Å². The lowest BCUT2D eigenvalue weighted by Crippen LogP contribution is -2.33. The fourth-order valence-corrected chi connectivity index (χ4v) is 1.73. The predicted octanol–water partition coefficient (Wildman–Crippen LogP) is 2.44. The third kappa shape index (κ3) is 4.59. The van der Waals surface area contributed by atoms with Gasteiger partial charge in [-0.05, 0) is 29.3 Å². The summed E-state index contributed by atoms with van der Waals surface area (Å²) in [6.45, 7) is 2.38. The molecule has 2 aliphatic carbocycles. The van der Waals surface area contributed by atoms with Gasteiger partial charge in [-0.15, -0.1) is 0 Å². The molecule has 1 aromatic carbocycles. The first-order valence-corrected chi connectivity index (χ1v) is 6.67. The summed E-state index contributed by atoms with van der Waals surface area (Å²) in [4.78, 5) is 15.3. The van der Waals surface area contributed by atoms with Crippen LogP contribution in [0.3, 0.4) is 0 Å². The Morgan fingerprint density at radius 3 is 2.05 bits per heavy atom. The second-order valence-corrected chi connectivity index (χ2v) is 4.70. The Bertz CT molecular complexity index is 633. The quantitative estimate of drug-likeness (QED) is 0.392. The van der Waals surface area contributed by atoms with Crippen molar-refractivity contribution >= 4 is 6.03 Å². The number of carbonyl (C=O) groups excluding carboxylic acids is 1. The Morgan fingerprint density at radius 1 is 1.05 bits per heavy atom. The van der Waals surface area contributed by atoms with E-state index < -0.39 is 6.03 Å². The minimum absolute atomic E-state index is 0.358. The Labute approximate surface area is 122 Å². The van der Waals surface area contributed by atoms with Crippen molar-refractivity contribution in [2.45, 2.75) is 13.3 Å². The molecule has 0 aromatic heterocycles. The number of carbonyl (C=O) groups is 1. The molecule has 0 fully saturated rings. The highest BCUT2D eigenvalue weighted by Gasteiger charge is 1.97. The van der Waals surface area contributed by atoms with Gasteiger partial charge in [0, 0.05) is 0 Å². The first kappa shape index (κ1) is 15.0. The second-order valence-electron chi connectivity index (χ2n) is 4.70. The summed E-state index contributed by atoms with van der Waals surface area (Å²) in [6.07, 6.45) is 0.700. The molecule has 5 heteroatoms. The summed E-state index contributed by atoms with van der Waals surface area (Å²) in [6, 6.07) is 15.7. The molecule has 3 rings (SSSR count). The number of amides is 2. The number of nitrogens with one attached hydrogen (secondary N) is 2. The van der Waals surface area contributed by atoms with E-state index in [1.165, 1.54) is 21.5 Å². The van der Waals surface area contributed by atoms with Gasteiger partial charge < -0.3 is 0 Å². The monoisotopic (exact) mass is 286 g/mol. The van der Waals surface area contributed by atoms with Crippen LogP contribution >= 0.6 is 0 Å². The highest BCUT2D eigenvalue weighted by atomic mass is 16.7. The van der Waals surface area contributed by atoms with Gasteiger partial charge >= 0.3 is 6.03 Å². The molecular weight excluding hydrogens is 268 g/mol. The number of hydrogen-bond acceptors (Lipinski definition) is 3. The molecule has 0 radical (unpaired) electrons. The Hall–Kier alpha value is -2.37. The van der Waals surface area contributed by atoms with Crippen molar-refractivity contribution in [2.75, 3.05) is 6.61 Å². The maximum Gasteiger partial charge on any atom is 0.362 e. The van der Waals surface area contributed by atoms with Crippen LogP contribution in [0.2, 0.25) is 0 Å². The Balaban J connectivity index is 0.000000218. The van der Waals surface area contributed by atoms with Gasteiger partial charge in [-0.2, -0.15) is 0 Å². The molecule has 0 aliphatic heterocycles. The maximum absolute atomic E-state index is 10.5. The zero-order valence-electron chi connectivity index (χ0n) is 11.8. The topological polar surface area (TPSA) is 70.6 Å². The van der Waals surface area contributed by atoms with Crippen molar-refractivity contribution < 1.29 is 14.8 Å². The van der Waals surface area contributed by atoms with E-state index in [1.807, 2.05) is 36.7 Å². The normalized spacial score (nSPS) is 10.2. The van der Waals surface area contributed by atoms with E-state index in [1.54, 1.807) is 0 Å². The van der Waals surface area contributed by atoms with Gasteiger partial charge in [-0.3, -0.25) is 10.0 Å². The van der Waals surface area contributed by atoms with Crippen molar-refractivity contribution in [1.82, 2.24) is 11.0 Å². The first-order valence-electron chi connectivity index (χ1n) is 6.67. The Kier molecular flexibility index (Phi) is 5.31. The minimum atomic E-state index is -0.779. The summed E-state index contributed by atoms with van der Waals surface area (Å²) >= 11 is 0. The van der Waals surface area contributed by atoms with Gasteiger partial charge in [0.15, 0.2) is 0 Å². The van der Waals surface area contributed by atoms with Crippen molar-refractivity contribution in [3.05, 3.63) is 70.1 Å². The summed E-state index contributed by atoms with van der Waals surface area (Å²) in [5.74, 6) is 0. The molecule has 0 bridgehead atoms. The number of hydrogen-bond donors (Lipinski definition) is 3. The van der Waals surface area contributed by atoms with Gasteiger partial charge in [0.2, 0.25) is 0 Å². The molecule has 21 heavy (non-hydrogen) atoms. The van der Waals surface area contributed by atoms with E-state index in [0.29, 0.717) is 13.0 Å². The van der Waals surface area contributed by atoms with Crippen molar-refractivity contribution in [1.29, 1.82) is 0 Å². The molecule has 0 saturated heterocycles. The predicted molar refractivity (Wildman–Crippen MR) is 78.4 cm³/mol. The summed E-state index contributed by atoms with van der Waals surface area (Å²) in [5.41, 5.74) is 5.75. The fourth-order valence-electron chi connectivity index (χ4n) is 1.73. The maximum atomic E-state index is 10.5. The smallest absolute Gasteiger partial charge is 0.287 e. The van der Waals surface area contributed by atoms with Crippen LogP contribution in [0.15, 0.2) is 48.5 Å². The van der Waals surface area contributed by atoms with Gasteiger partial charge in [0.05, 0.1) is 6.61 Å². The van der Waals surface area contributed by atoms with Crippen LogP contribution in [0.25, 0.3) is 0 Å². The number of benzene rings is 2. The van der Waals surface area contributed by atoms with Crippen LogP contribution in [-0.2, 0) is 11.3 Å². The fraction of sp³-hybridized carbons (Fsp3) is 0.188. The average molecular weight is 286 g/mol. The number of hydroxylamine groups is 2. The molecule has 0 saturated carbocycles. The minimum Gasteiger partial charge on any atom is -0.287 e. The summed E-state index contributed by atoms with van der Waals surface area (Å²) in [7, 11) is 0. The zero-order valence-corrected chi connectivity index (χ0v) is 11.8. The molecule has 1 aromatic rings. The standard InChI is InChI=1S/C10H14N2O3.C6H4/c1-8-2-4-9(5-3-8)6-7-15-12-10(13)11-14;1-2-6-4-3-5(1)6/h2-5,14H,6-7H2,1H3,(H2,11,12,13);1-4H. The first-order chi connectivity index (χ1) is 10.2.